The molecule has 3 aromatic heterocycles. The molecule has 4 rings (SSSR count). The number of anilines is 2. The van der Waals surface area contributed by atoms with Gasteiger partial charge in [-0.15, -0.1) is 0 Å². The Kier molecular flexibility index (Phi) is 3.55. The van der Waals surface area contributed by atoms with Crippen molar-refractivity contribution in [1.82, 2.24) is 14.4 Å². The normalized spacial score (nSPS) is 15.3. The molecule has 1 aliphatic rings. The first-order chi connectivity index (χ1) is 11.2. The van der Waals surface area contributed by atoms with E-state index in [-0.39, 0.29) is 0 Å². The van der Waals surface area contributed by atoms with E-state index in [9.17, 15) is 0 Å². The molecule has 1 aliphatic heterocycles. The Labute approximate surface area is 138 Å². The Morgan fingerprint density at radius 3 is 2.83 bits per heavy atom. The van der Waals surface area contributed by atoms with Crippen LogP contribution in [0.2, 0.25) is 5.02 Å². The van der Waals surface area contributed by atoms with Crippen molar-refractivity contribution in [1.29, 1.82) is 0 Å². The van der Waals surface area contributed by atoms with E-state index in [0.29, 0.717) is 10.8 Å². The summed E-state index contributed by atoms with van der Waals surface area (Å²) in [6.45, 7) is 3.14. The van der Waals surface area contributed by atoms with Crippen molar-refractivity contribution in [2.24, 2.45) is 0 Å². The van der Waals surface area contributed by atoms with Crippen LogP contribution in [-0.4, -0.2) is 40.7 Å². The smallest absolute Gasteiger partial charge is 0.160 e. The summed E-state index contributed by atoms with van der Waals surface area (Å²) in [5, 5.41) is 0.576. The zero-order valence-electron chi connectivity index (χ0n) is 12.4. The number of rotatable bonds is 2. The molecule has 7 heteroatoms. The van der Waals surface area contributed by atoms with E-state index in [1.807, 2.05) is 16.8 Å². The average molecular weight is 330 g/mol. The number of morpholine rings is 1. The Morgan fingerprint density at radius 2 is 2.00 bits per heavy atom. The third kappa shape index (κ3) is 2.60. The fourth-order valence-corrected chi connectivity index (χ4v) is 3.09. The second kappa shape index (κ2) is 5.72. The van der Waals surface area contributed by atoms with Gasteiger partial charge in [0.1, 0.15) is 5.82 Å². The number of fused-ring (bicyclic) bond motifs is 1. The molecule has 0 aromatic carbocycles. The molecule has 0 radical (unpaired) electrons. The van der Waals surface area contributed by atoms with Crippen molar-refractivity contribution < 1.29 is 4.74 Å². The highest BCUT2D eigenvalue weighted by Gasteiger charge is 2.17. The Balaban J connectivity index is 1.89. The summed E-state index contributed by atoms with van der Waals surface area (Å²) < 4.78 is 7.46. The molecule has 0 saturated carbocycles. The van der Waals surface area contributed by atoms with Crippen molar-refractivity contribution in [3.05, 3.63) is 41.9 Å². The maximum Gasteiger partial charge on any atom is 0.160 e. The summed E-state index contributed by atoms with van der Waals surface area (Å²) >= 11 is 6.32. The predicted octanol–water partition coefficient (Wildman–Crippen LogP) is 2.47. The van der Waals surface area contributed by atoms with Crippen LogP contribution < -0.4 is 10.6 Å². The van der Waals surface area contributed by atoms with Crippen molar-refractivity contribution >= 4 is 28.8 Å². The van der Waals surface area contributed by atoms with Gasteiger partial charge in [0.25, 0.3) is 0 Å². The van der Waals surface area contributed by atoms with Gasteiger partial charge in [0, 0.05) is 49.0 Å². The van der Waals surface area contributed by atoms with E-state index in [4.69, 9.17) is 22.1 Å². The average Bonchev–Trinajstić information content (AvgIpc) is 3.05. The zero-order valence-corrected chi connectivity index (χ0v) is 13.2. The van der Waals surface area contributed by atoms with E-state index in [1.54, 1.807) is 18.5 Å². The molecule has 23 heavy (non-hydrogen) atoms. The predicted molar refractivity (Wildman–Crippen MR) is 90.9 cm³/mol. The van der Waals surface area contributed by atoms with Gasteiger partial charge in [-0.2, -0.15) is 0 Å². The number of nitrogen functional groups attached to an aromatic ring is 1. The van der Waals surface area contributed by atoms with Crippen LogP contribution >= 0.6 is 11.6 Å². The van der Waals surface area contributed by atoms with Crippen LogP contribution in [0.1, 0.15) is 0 Å². The summed E-state index contributed by atoms with van der Waals surface area (Å²) in [6, 6.07) is 3.90. The molecule has 0 unspecified atom stereocenters. The number of pyridine rings is 2. The molecule has 0 bridgehead atoms. The number of ether oxygens (including phenoxy) is 1. The number of hydrogen-bond donors (Lipinski definition) is 1. The molecule has 1 saturated heterocycles. The number of hydrogen-bond acceptors (Lipinski definition) is 5. The lowest BCUT2D eigenvalue weighted by molar-refractivity contribution is 0.123. The van der Waals surface area contributed by atoms with Gasteiger partial charge in [0.05, 0.1) is 23.9 Å². The molecular formula is C16H16ClN5O. The van der Waals surface area contributed by atoms with Crippen molar-refractivity contribution in [3.8, 4) is 11.1 Å². The van der Waals surface area contributed by atoms with E-state index < -0.39 is 0 Å². The first-order valence-electron chi connectivity index (χ1n) is 7.43. The van der Waals surface area contributed by atoms with Crippen LogP contribution in [0.15, 0.2) is 36.9 Å². The maximum absolute atomic E-state index is 6.32. The van der Waals surface area contributed by atoms with Crippen LogP contribution in [0.25, 0.3) is 16.8 Å². The van der Waals surface area contributed by atoms with E-state index >= 15 is 0 Å². The minimum atomic E-state index is 0.447. The molecule has 0 spiro atoms. The Bertz CT molecular complexity index is 857. The molecule has 2 N–H and O–H groups in total. The van der Waals surface area contributed by atoms with Crippen LogP contribution in [0.4, 0.5) is 11.5 Å². The lowest BCUT2D eigenvalue weighted by Gasteiger charge is -2.29. The van der Waals surface area contributed by atoms with Gasteiger partial charge in [-0.3, -0.25) is 0 Å². The summed E-state index contributed by atoms with van der Waals surface area (Å²) in [6.07, 6.45) is 7.32. The lowest BCUT2D eigenvalue weighted by atomic mass is 10.1. The topological polar surface area (TPSA) is 68.7 Å². The molecule has 6 nitrogen and oxygen atoms in total. The number of halogens is 1. The van der Waals surface area contributed by atoms with E-state index in [0.717, 1.165) is 48.8 Å². The van der Waals surface area contributed by atoms with Crippen molar-refractivity contribution in [2.45, 2.75) is 0 Å². The second-order valence-corrected chi connectivity index (χ2v) is 5.87. The number of nitrogens with zero attached hydrogens (tertiary/aromatic N) is 4. The van der Waals surface area contributed by atoms with Gasteiger partial charge in [-0.1, -0.05) is 11.6 Å². The van der Waals surface area contributed by atoms with Gasteiger partial charge in [0.2, 0.25) is 0 Å². The highest BCUT2D eigenvalue weighted by Crippen LogP contribution is 2.33. The molecule has 3 aromatic rings. The monoisotopic (exact) mass is 329 g/mol. The molecular weight excluding hydrogens is 314 g/mol. The zero-order chi connectivity index (χ0) is 15.8. The summed E-state index contributed by atoms with van der Waals surface area (Å²) in [7, 11) is 0. The Hall–Kier alpha value is -2.31. The second-order valence-electron chi connectivity index (χ2n) is 5.46. The van der Waals surface area contributed by atoms with Crippen LogP contribution in [-0.2, 0) is 4.74 Å². The fourth-order valence-electron chi connectivity index (χ4n) is 2.87. The summed E-state index contributed by atoms with van der Waals surface area (Å²) in [4.78, 5) is 10.8. The van der Waals surface area contributed by atoms with Crippen LogP contribution in [0, 0.1) is 0 Å². The van der Waals surface area contributed by atoms with Crippen molar-refractivity contribution in [3.63, 3.8) is 0 Å². The molecule has 4 heterocycles. The standard InChI is InChI=1S/C16H16ClN5O/c17-13-9-20-15(18)8-12(13)11-7-14(21-3-5-23-6-4-21)16-19-1-2-22(16)10-11/h1-2,7-10H,3-6H2,(H2,18,20). The molecule has 1 fully saturated rings. The SMILES string of the molecule is Nc1cc(-c2cc(N3CCOCC3)c3nccn3c2)c(Cl)cn1. The highest BCUT2D eigenvalue weighted by atomic mass is 35.5. The largest absolute Gasteiger partial charge is 0.384 e. The fraction of sp³-hybridized carbons (Fsp3) is 0.250. The van der Waals surface area contributed by atoms with Gasteiger partial charge in [0.15, 0.2) is 5.65 Å². The van der Waals surface area contributed by atoms with Gasteiger partial charge in [-0.05, 0) is 12.1 Å². The molecule has 0 amide bonds. The third-order valence-corrected chi connectivity index (χ3v) is 4.31. The quantitative estimate of drug-likeness (QED) is 0.782. The van der Waals surface area contributed by atoms with Crippen molar-refractivity contribution in [2.75, 3.05) is 36.9 Å². The van der Waals surface area contributed by atoms with Crippen LogP contribution in [0.5, 0.6) is 0 Å². The molecule has 118 valence electrons. The van der Waals surface area contributed by atoms with E-state index in [1.165, 1.54) is 0 Å². The minimum absolute atomic E-state index is 0.447. The molecule has 0 atom stereocenters. The first kappa shape index (κ1) is 14.3. The summed E-state index contributed by atoms with van der Waals surface area (Å²) in [5.74, 6) is 0.447. The maximum atomic E-state index is 6.32. The minimum Gasteiger partial charge on any atom is -0.384 e. The molecule has 0 aliphatic carbocycles. The third-order valence-electron chi connectivity index (χ3n) is 4.01. The first-order valence-corrected chi connectivity index (χ1v) is 7.81. The van der Waals surface area contributed by atoms with Gasteiger partial charge >= 0.3 is 0 Å². The number of nitrogens with two attached hydrogens (primary N) is 1. The number of aromatic nitrogens is 3. The van der Waals surface area contributed by atoms with E-state index in [2.05, 4.69) is 20.9 Å². The van der Waals surface area contributed by atoms with Gasteiger partial charge in [-0.25, -0.2) is 9.97 Å². The Morgan fingerprint density at radius 1 is 1.17 bits per heavy atom. The van der Waals surface area contributed by atoms with Crippen LogP contribution in [0.3, 0.4) is 0 Å². The lowest BCUT2D eigenvalue weighted by Crippen LogP contribution is -2.36. The summed E-state index contributed by atoms with van der Waals surface area (Å²) in [5.41, 5.74) is 9.67. The number of imidazole rings is 1. The van der Waals surface area contributed by atoms with Gasteiger partial charge < -0.3 is 19.8 Å². The highest BCUT2D eigenvalue weighted by molar-refractivity contribution is 6.33.